The van der Waals surface area contributed by atoms with Gasteiger partial charge in [0.25, 0.3) is 0 Å². The van der Waals surface area contributed by atoms with E-state index in [1.165, 1.54) is 0 Å². The van der Waals surface area contributed by atoms with Crippen molar-refractivity contribution >= 4 is 37.6 Å². The number of imidazole rings is 2. The van der Waals surface area contributed by atoms with Crippen LogP contribution in [0.15, 0.2) is 163 Å². The van der Waals surface area contributed by atoms with Gasteiger partial charge in [0, 0.05) is 27.5 Å². The van der Waals surface area contributed by atoms with Crippen molar-refractivity contribution in [2.45, 2.75) is 27.7 Å². The summed E-state index contributed by atoms with van der Waals surface area (Å²) in [6.07, 6.45) is 7.16. The number of Topliss-reactive ketones (excluding diaryl/α,β-unsaturated/α-hetero) is 1. The molecule has 10 nitrogen and oxygen atoms in total. The molecule has 0 saturated heterocycles. The summed E-state index contributed by atoms with van der Waals surface area (Å²) >= 11 is 6.38. The second kappa shape index (κ2) is 30.7. The standard InChI is InChI=1S/C16H11N3.C10H7N3.C9H6BrNO.C6H5Br.2C2H6.CH5NO/c17-10-13-6-8-14(9-7-13)16-11-19(12-18-16)15-4-2-1-3-5-15;11-5-8-1-3-9(4-2-8)10-6-12-7-13-10;10-5-9(12)8-3-1-7(6-11)2-4-8;7-6-4-2-1-3-5-6;2*1-2;2-1-3/h1-9,11-12H;1-4,6-7H,(H,12,13);1-4H,5H2;1-5H;2*1-2H3;3H,1-2H2. The highest BCUT2D eigenvalue weighted by Crippen LogP contribution is 2.19. The van der Waals surface area contributed by atoms with Crippen molar-refractivity contribution in [3.8, 4) is 46.4 Å². The van der Waals surface area contributed by atoms with Crippen LogP contribution < -0.4 is 5.73 Å². The van der Waals surface area contributed by atoms with E-state index in [-0.39, 0.29) is 12.5 Å². The smallest absolute Gasteiger partial charge is 0.173 e. The fourth-order valence-corrected chi connectivity index (χ4v) is 4.92. The van der Waals surface area contributed by atoms with Gasteiger partial charge in [-0.2, -0.15) is 15.8 Å². The number of nitrogens with two attached hydrogens (primary N) is 1. The SMILES string of the molecule is Brc1ccccc1.CC.CC.N#Cc1ccc(-c2cn(-c3ccccc3)cn2)cc1.N#Cc1ccc(-c2cnc[nH]2)cc1.N#Cc1ccc(C(=O)CBr)cc1.NCO. The van der Waals surface area contributed by atoms with Crippen LogP contribution in [0, 0.1) is 34.0 Å². The molecule has 0 unspecified atom stereocenters. The fourth-order valence-electron chi connectivity index (χ4n) is 4.29. The number of rotatable bonds is 5. The number of aliphatic hydroxyl groups is 1. The molecule has 4 N–H and O–H groups in total. The van der Waals surface area contributed by atoms with Gasteiger partial charge in [-0.05, 0) is 66.2 Å². The number of aromatic amines is 1. The van der Waals surface area contributed by atoms with E-state index >= 15 is 0 Å². The van der Waals surface area contributed by atoms with Crippen LogP contribution in [0.5, 0.6) is 0 Å². The largest absolute Gasteiger partial charge is 0.382 e. The van der Waals surface area contributed by atoms with Gasteiger partial charge < -0.3 is 20.4 Å². The second-order valence-corrected chi connectivity index (χ2v) is 12.0. The van der Waals surface area contributed by atoms with Crippen LogP contribution in [-0.4, -0.2) is 42.5 Å². The van der Waals surface area contributed by atoms with E-state index in [9.17, 15) is 4.79 Å². The van der Waals surface area contributed by atoms with Crippen LogP contribution in [0.25, 0.3) is 28.2 Å². The van der Waals surface area contributed by atoms with E-state index in [2.05, 4.69) is 64.7 Å². The van der Waals surface area contributed by atoms with E-state index in [1.807, 2.05) is 129 Å². The number of aromatic nitrogens is 4. The van der Waals surface area contributed by atoms with Crippen LogP contribution >= 0.6 is 31.9 Å². The normalized spacial score (nSPS) is 8.84. The number of hydrogen-bond donors (Lipinski definition) is 3. The molecule has 0 aliphatic rings. The number of benzene rings is 5. The van der Waals surface area contributed by atoms with Gasteiger partial charge in [-0.25, -0.2) is 9.97 Å². The number of para-hydroxylation sites is 1. The lowest BCUT2D eigenvalue weighted by Crippen LogP contribution is -1.98. The maximum atomic E-state index is 11.1. The molecular formula is C46H46Br2N8O2. The second-order valence-electron chi connectivity index (χ2n) is 10.6. The van der Waals surface area contributed by atoms with Gasteiger partial charge in [0.05, 0.1) is 77.2 Å². The van der Waals surface area contributed by atoms with Gasteiger partial charge in [0.15, 0.2) is 5.78 Å². The Labute approximate surface area is 358 Å². The van der Waals surface area contributed by atoms with Crippen molar-refractivity contribution in [3.05, 3.63) is 185 Å². The number of hydrogen-bond acceptors (Lipinski definition) is 8. The quantitative estimate of drug-likeness (QED) is 0.0866. The predicted octanol–water partition coefficient (Wildman–Crippen LogP) is 10.9. The number of aliphatic hydroxyl groups excluding tert-OH is 1. The Balaban J connectivity index is 0.000000383. The summed E-state index contributed by atoms with van der Waals surface area (Å²) in [5.41, 5.74) is 11.9. The van der Waals surface area contributed by atoms with Crippen LogP contribution in [0.4, 0.5) is 0 Å². The first-order chi connectivity index (χ1) is 28.3. The first-order valence-electron chi connectivity index (χ1n) is 18.0. The van der Waals surface area contributed by atoms with Crippen LogP contribution in [-0.2, 0) is 0 Å². The molecule has 2 heterocycles. The molecule has 0 spiro atoms. The predicted molar refractivity (Wildman–Crippen MR) is 240 cm³/mol. The molecule has 0 fully saturated rings. The molecule has 0 aliphatic carbocycles. The van der Waals surface area contributed by atoms with Crippen molar-refractivity contribution in [3.63, 3.8) is 0 Å². The summed E-state index contributed by atoms with van der Waals surface area (Å²) in [5.74, 6) is 0.0273. The summed E-state index contributed by atoms with van der Waals surface area (Å²) in [4.78, 5) is 22.4. The molecule has 0 amide bonds. The lowest BCUT2D eigenvalue weighted by molar-refractivity contribution is 0.102. The molecule has 0 atom stereocenters. The van der Waals surface area contributed by atoms with E-state index in [0.717, 1.165) is 32.7 Å². The number of halogens is 2. The van der Waals surface area contributed by atoms with E-state index in [0.29, 0.717) is 27.6 Å². The van der Waals surface area contributed by atoms with E-state index in [4.69, 9.17) is 20.9 Å². The maximum absolute atomic E-state index is 11.1. The molecule has 0 aliphatic heterocycles. The number of nitrogens with zero attached hydrogens (tertiary/aromatic N) is 6. The Morgan fingerprint density at radius 2 is 1.17 bits per heavy atom. The van der Waals surface area contributed by atoms with Crippen LogP contribution in [0.1, 0.15) is 54.7 Å². The minimum Gasteiger partial charge on any atom is -0.382 e. The number of nitrogens with one attached hydrogen (secondary N) is 1. The van der Waals surface area contributed by atoms with Gasteiger partial charge in [0.1, 0.15) is 0 Å². The number of ketones is 1. The average Bonchev–Trinajstić information content (AvgIpc) is 4.04. The summed E-state index contributed by atoms with van der Waals surface area (Å²) in [7, 11) is 0. The van der Waals surface area contributed by atoms with Gasteiger partial charge in [-0.3, -0.25) is 4.79 Å². The van der Waals surface area contributed by atoms with Crippen molar-refractivity contribution in [2.75, 3.05) is 12.1 Å². The third kappa shape index (κ3) is 18.4. The average molecular weight is 903 g/mol. The monoisotopic (exact) mass is 900 g/mol. The highest BCUT2D eigenvalue weighted by molar-refractivity contribution is 9.10. The lowest BCUT2D eigenvalue weighted by Gasteiger charge is -2.00. The van der Waals surface area contributed by atoms with E-state index < -0.39 is 0 Å². The molecule has 2 aromatic heterocycles. The number of nitriles is 3. The molecule has 7 rings (SSSR count). The summed E-state index contributed by atoms with van der Waals surface area (Å²) in [5, 5.41) is 33.5. The fraction of sp³-hybridized carbons (Fsp3) is 0.130. The highest BCUT2D eigenvalue weighted by atomic mass is 79.9. The van der Waals surface area contributed by atoms with Crippen molar-refractivity contribution in [1.29, 1.82) is 15.8 Å². The Morgan fingerprint density at radius 3 is 1.57 bits per heavy atom. The summed E-state index contributed by atoms with van der Waals surface area (Å²) in [6.45, 7) is 7.75. The number of carbonyl (C=O) groups excluding carboxylic acids is 1. The van der Waals surface area contributed by atoms with Gasteiger partial charge in [-0.15, -0.1) is 0 Å². The zero-order chi connectivity index (χ0) is 43.0. The third-order valence-electron chi connectivity index (χ3n) is 6.96. The van der Waals surface area contributed by atoms with Crippen LogP contribution in [0.2, 0.25) is 0 Å². The van der Waals surface area contributed by atoms with Crippen molar-refractivity contribution in [2.24, 2.45) is 5.73 Å². The molecular weight excluding hydrogens is 856 g/mol. The molecule has 58 heavy (non-hydrogen) atoms. The van der Waals surface area contributed by atoms with Gasteiger partial charge in [0.2, 0.25) is 0 Å². The molecule has 0 radical (unpaired) electrons. The van der Waals surface area contributed by atoms with Gasteiger partial charge in [-0.1, -0.05) is 132 Å². The zero-order valence-corrected chi connectivity index (χ0v) is 36.0. The summed E-state index contributed by atoms with van der Waals surface area (Å²) in [6, 6.07) is 47.6. The Morgan fingerprint density at radius 1 is 0.724 bits per heavy atom. The molecule has 296 valence electrons. The molecule has 0 saturated carbocycles. The first kappa shape index (κ1) is 49.6. The summed E-state index contributed by atoms with van der Waals surface area (Å²) < 4.78 is 3.11. The Kier molecular flexibility index (Phi) is 26.3. The minimum atomic E-state index is -0.250. The highest BCUT2D eigenvalue weighted by Gasteiger charge is 2.04. The molecule has 12 heteroatoms. The Hall–Kier alpha value is -6.46. The number of carbonyl (C=O) groups is 1. The number of H-pyrrole nitrogens is 1. The topological polar surface area (TPSA) is 181 Å². The molecule has 0 bridgehead atoms. The third-order valence-corrected chi connectivity index (χ3v) is 8.00. The van der Waals surface area contributed by atoms with Crippen molar-refractivity contribution in [1.82, 2.24) is 19.5 Å². The minimum absolute atomic E-state index is 0.0273. The van der Waals surface area contributed by atoms with E-state index in [1.54, 1.807) is 67.4 Å². The zero-order valence-electron chi connectivity index (χ0n) is 32.8. The Bertz CT molecular complexity index is 2240. The molecule has 7 aromatic rings. The maximum Gasteiger partial charge on any atom is 0.173 e. The van der Waals surface area contributed by atoms with Crippen LogP contribution in [0.3, 0.4) is 0 Å². The first-order valence-corrected chi connectivity index (χ1v) is 20.0. The van der Waals surface area contributed by atoms with Gasteiger partial charge >= 0.3 is 0 Å². The lowest BCUT2D eigenvalue weighted by atomic mass is 10.1. The molecule has 5 aromatic carbocycles. The van der Waals surface area contributed by atoms with Crippen molar-refractivity contribution < 1.29 is 9.90 Å². The number of alkyl halides is 1.